The van der Waals surface area contributed by atoms with Crippen molar-refractivity contribution in [3.8, 4) is 0 Å². The fraction of sp³-hybridized carbons (Fsp3) is 0.455. The smallest absolute Gasteiger partial charge is 0.253 e. The Kier molecular flexibility index (Phi) is 5.99. The molecule has 1 amide bonds. The number of aryl methyl sites for hydroxylation is 1. The van der Waals surface area contributed by atoms with Crippen molar-refractivity contribution < 1.29 is 4.79 Å². The highest BCUT2D eigenvalue weighted by Crippen LogP contribution is 2.25. The van der Waals surface area contributed by atoms with Crippen LogP contribution in [0.4, 0.5) is 11.5 Å². The molecule has 27 heavy (non-hydrogen) atoms. The van der Waals surface area contributed by atoms with Crippen LogP contribution < -0.4 is 15.1 Å². The number of nitrogens with zero attached hydrogens (tertiary/aromatic N) is 3. The molecule has 144 valence electrons. The maximum atomic E-state index is 12.2. The standard InChI is InChI=1S/C22H30N4O/c1-5-17(3)24-22(27)19-9-10-21(23-15-19)26-13-11-25(12-14-26)20-8-6-7-16(2)18(20)4/h6-10,15,17H,5,11-14H2,1-4H3,(H,24,27). The van der Waals surface area contributed by atoms with Crippen LogP contribution in [0.5, 0.6) is 0 Å². The molecule has 1 aromatic heterocycles. The SMILES string of the molecule is CCC(C)NC(=O)c1ccc(N2CCN(c3cccc(C)c3C)CC2)nc1. The molecule has 2 aromatic rings. The number of nitrogens with one attached hydrogen (secondary N) is 1. The first kappa shape index (κ1) is 19.2. The van der Waals surface area contributed by atoms with Gasteiger partial charge in [-0.3, -0.25) is 4.79 Å². The van der Waals surface area contributed by atoms with E-state index in [9.17, 15) is 4.79 Å². The van der Waals surface area contributed by atoms with Crippen molar-refractivity contribution in [2.24, 2.45) is 0 Å². The van der Waals surface area contributed by atoms with Crippen LogP contribution in [-0.4, -0.2) is 43.1 Å². The third kappa shape index (κ3) is 4.41. The Hall–Kier alpha value is -2.56. The van der Waals surface area contributed by atoms with Crippen molar-refractivity contribution in [2.75, 3.05) is 36.0 Å². The van der Waals surface area contributed by atoms with E-state index in [4.69, 9.17) is 0 Å². The number of anilines is 2. The normalized spacial score (nSPS) is 15.6. The molecule has 1 fully saturated rings. The largest absolute Gasteiger partial charge is 0.368 e. The van der Waals surface area contributed by atoms with Crippen molar-refractivity contribution >= 4 is 17.4 Å². The number of hydrogen-bond donors (Lipinski definition) is 1. The molecule has 3 rings (SSSR count). The van der Waals surface area contributed by atoms with E-state index < -0.39 is 0 Å². The summed E-state index contributed by atoms with van der Waals surface area (Å²) < 4.78 is 0. The number of pyridine rings is 1. The highest BCUT2D eigenvalue weighted by atomic mass is 16.1. The number of benzene rings is 1. The molecule has 2 heterocycles. The average Bonchev–Trinajstić information content (AvgIpc) is 2.70. The van der Waals surface area contributed by atoms with Gasteiger partial charge < -0.3 is 15.1 Å². The van der Waals surface area contributed by atoms with E-state index in [0.717, 1.165) is 38.4 Å². The minimum Gasteiger partial charge on any atom is -0.368 e. The van der Waals surface area contributed by atoms with Crippen LogP contribution in [0.1, 0.15) is 41.8 Å². The number of carbonyl (C=O) groups is 1. The lowest BCUT2D eigenvalue weighted by atomic mass is 10.1. The van der Waals surface area contributed by atoms with Crippen LogP contribution in [-0.2, 0) is 0 Å². The maximum Gasteiger partial charge on any atom is 0.253 e. The first-order valence-electron chi connectivity index (χ1n) is 9.82. The van der Waals surface area contributed by atoms with Gasteiger partial charge in [-0.1, -0.05) is 19.1 Å². The monoisotopic (exact) mass is 366 g/mol. The third-order valence-electron chi connectivity index (χ3n) is 5.52. The molecule has 5 heteroatoms. The summed E-state index contributed by atoms with van der Waals surface area (Å²) in [6.07, 6.45) is 2.60. The van der Waals surface area contributed by atoms with Crippen LogP contribution >= 0.6 is 0 Å². The van der Waals surface area contributed by atoms with E-state index in [2.05, 4.69) is 59.1 Å². The number of amides is 1. The zero-order valence-electron chi connectivity index (χ0n) is 16.8. The van der Waals surface area contributed by atoms with E-state index in [0.29, 0.717) is 5.56 Å². The second kappa shape index (κ2) is 8.42. The lowest BCUT2D eigenvalue weighted by Gasteiger charge is -2.37. The number of aromatic nitrogens is 1. The molecule has 1 aliphatic rings. The van der Waals surface area contributed by atoms with E-state index in [-0.39, 0.29) is 11.9 Å². The molecular weight excluding hydrogens is 336 g/mol. The summed E-state index contributed by atoms with van der Waals surface area (Å²) in [4.78, 5) is 21.5. The van der Waals surface area contributed by atoms with Crippen LogP contribution in [0.3, 0.4) is 0 Å². The summed E-state index contributed by atoms with van der Waals surface area (Å²) in [7, 11) is 0. The minimum absolute atomic E-state index is 0.0526. The van der Waals surface area contributed by atoms with E-state index in [1.165, 1.54) is 16.8 Å². The summed E-state index contributed by atoms with van der Waals surface area (Å²) in [6, 6.07) is 10.5. The zero-order chi connectivity index (χ0) is 19.4. The van der Waals surface area contributed by atoms with Crippen molar-refractivity contribution in [1.29, 1.82) is 0 Å². The number of piperazine rings is 1. The molecule has 1 atom stereocenters. The van der Waals surface area contributed by atoms with Gasteiger partial charge >= 0.3 is 0 Å². The fourth-order valence-corrected chi connectivity index (χ4v) is 3.37. The summed E-state index contributed by atoms with van der Waals surface area (Å²) in [6.45, 7) is 12.2. The Morgan fingerprint density at radius 1 is 1.11 bits per heavy atom. The Morgan fingerprint density at radius 2 is 1.81 bits per heavy atom. The van der Waals surface area contributed by atoms with Crippen molar-refractivity contribution in [3.63, 3.8) is 0 Å². The molecule has 0 saturated carbocycles. The quantitative estimate of drug-likeness (QED) is 0.879. The molecule has 1 unspecified atom stereocenters. The molecule has 1 N–H and O–H groups in total. The summed E-state index contributed by atoms with van der Waals surface area (Å²) in [5.41, 5.74) is 4.65. The van der Waals surface area contributed by atoms with Crippen LogP contribution in [0.25, 0.3) is 0 Å². The first-order valence-corrected chi connectivity index (χ1v) is 9.82. The predicted octanol–water partition coefficient (Wildman–Crippen LogP) is 3.55. The van der Waals surface area contributed by atoms with Gasteiger partial charge in [-0.15, -0.1) is 0 Å². The van der Waals surface area contributed by atoms with Crippen LogP contribution in [0.2, 0.25) is 0 Å². The van der Waals surface area contributed by atoms with Gasteiger partial charge in [0, 0.05) is 44.1 Å². The Bertz CT molecular complexity index is 779. The molecule has 5 nitrogen and oxygen atoms in total. The van der Waals surface area contributed by atoms with Gasteiger partial charge in [0.1, 0.15) is 5.82 Å². The summed E-state index contributed by atoms with van der Waals surface area (Å²) in [5.74, 6) is 0.888. The van der Waals surface area contributed by atoms with Gasteiger partial charge in [-0.25, -0.2) is 4.98 Å². The van der Waals surface area contributed by atoms with Crippen molar-refractivity contribution in [2.45, 2.75) is 40.2 Å². The fourth-order valence-electron chi connectivity index (χ4n) is 3.37. The van der Waals surface area contributed by atoms with E-state index in [1.54, 1.807) is 6.20 Å². The number of rotatable bonds is 5. The Labute approximate surface area is 162 Å². The van der Waals surface area contributed by atoms with Crippen molar-refractivity contribution in [1.82, 2.24) is 10.3 Å². The molecule has 1 aliphatic heterocycles. The van der Waals surface area contributed by atoms with Crippen molar-refractivity contribution in [3.05, 3.63) is 53.2 Å². The van der Waals surface area contributed by atoms with Gasteiger partial charge in [-0.05, 0) is 56.5 Å². The molecule has 0 bridgehead atoms. The molecule has 0 radical (unpaired) electrons. The van der Waals surface area contributed by atoms with Gasteiger partial charge in [0.25, 0.3) is 5.91 Å². The predicted molar refractivity (Wildman–Crippen MR) is 112 cm³/mol. The van der Waals surface area contributed by atoms with Crippen LogP contribution in [0, 0.1) is 13.8 Å². The molecular formula is C22H30N4O. The van der Waals surface area contributed by atoms with E-state index >= 15 is 0 Å². The van der Waals surface area contributed by atoms with Gasteiger partial charge in [0.2, 0.25) is 0 Å². The van der Waals surface area contributed by atoms with Gasteiger partial charge in [-0.2, -0.15) is 0 Å². The highest BCUT2D eigenvalue weighted by molar-refractivity contribution is 5.94. The number of hydrogen-bond acceptors (Lipinski definition) is 4. The van der Waals surface area contributed by atoms with Gasteiger partial charge in [0.15, 0.2) is 0 Å². The highest BCUT2D eigenvalue weighted by Gasteiger charge is 2.20. The molecule has 0 aliphatic carbocycles. The first-order chi connectivity index (χ1) is 13.0. The third-order valence-corrected chi connectivity index (χ3v) is 5.52. The van der Waals surface area contributed by atoms with E-state index in [1.807, 2.05) is 19.1 Å². The zero-order valence-corrected chi connectivity index (χ0v) is 16.8. The second-order valence-electron chi connectivity index (χ2n) is 7.38. The average molecular weight is 367 g/mol. The lowest BCUT2D eigenvalue weighted by molar-refractivity contribution is 0.0939. The lowest BCUT2D eigenvalue weighted by Crippen LogP contribution is -2.47. The Morgan fingerprint density at radius 3 is 2.44 bits per heavy atom. The van der Waals surface area contributed by atoms with Crippen LogP contribution in [0.15, 0.2) is 36.5 Å². The molecule has 1 aromatic carbocycles. The number of carbonyl (C=O) groups excluding carboxylic acids is 1. The Balaban J connectivity index is 1.61. The summed E-state index contributed by atoms with van der Waals surface area (Å²) in [5, 5.41) is 2.98. The van der Waals surface area contributed by atoms with Gasteiger partial charge in [0.05, 0.1) is 5.56 Å². The maximum absolute atomic E-state index is 12.2. The molecule has 0 spiro atoms. The topological polar surface area (TPSA) is 48.5 Å². The molecule has 1 saturated heterocycles. The minimum atomic E-state index is -0.0526. The summed E-state index contributed by atoms with van der Waals surface area (Å²) >= 11 is 0. The second-order valence-corrected chi connectivity index (χ2v) is 7.38.